The van der Waals surface area contributed by atoms with E-state index in [9.17, 15) is 9.59 Å². The van der Waals surface area contributed by atoms with Gasteiger partial charge in [0.15, 0.2) is 5.78 Å². The zero-order valence-corrected chi connectivity index (χ0v) is 19.0. The highest BCUT2D eigenvalue weighted by Gasteiger charge is 2.41. The largest absolute Gasteiger partial charge is 0.462 e. The molecule has 1 aromatic rings. The van der Waals surface area contributed by atoms with E-state index in [-0.39, 0.29) is 11.8 Å². The molecule has 0 aliphatic carbocycles. The molecule has 0 saturated heterocycles. The second-order valence-corrected chi connectivity index (χ2v) is 8.74. The molecule has 0 saturated carbocycles. The van der Waals surface area contributed by atoms with Gasteiger partial charge >= 0.3 is 5.97 Å². The zero-order chi connectivity index (χ0) is 21.5. The van der Waals surface area contributed by atoms with Gasteiger partial charge in [0.2, 0.25) is 0 Å². The van der Waals surface area contributed by atoms with Crippen molar-refractivity contribution in [3.63, 3.8) is 0 Å². The Bertz CT molecular complexity index is 829. The Morgan fingerprint density at radius 1 is 1.03 bits per heavy atom. The Kier molecular flexibility index (Phi) is 8.41. The third-order valence-electron chi connectivity index (χ3n) is 5.67. The molecule has 1 unspecified atom stereocenters. The van der Waals surface area contributed by atoms with Gasteiger partial charge in [-0.3, -0.25) is 4.79 Å². The predicted octanol–water partition coefficient (Wildman–Crippen LogP) is 6.28. The first-order chi connectivity index (χ1) is 14.5. The molecule has 3 rings (SSSR count). The first-order valence-electron chi connectivity index (χ1n) is 10.9. The second-order valence-electron chi connectivity index (χ2n) is 7.87. The number of allylic oxidation sites excluding steroid dienone is 1. The Labute approximate surface area is 188 Å². The van der Waals surface area contributed by atoms with Gasteiger partial charge in [0.1, 0.15) is 6.04 Å². The number of ketones is 1. The average Bonchev–Trinajstić information content (AvgIpc) is 3.27. The lowest BCUT2D eigenvalue weighted by atomic mass is 10.0. The monoisotopic (exact) mass is 449 g/mol. The summed E-state index contributed by atoms with van der Waals surface area (Å²) in [6.45, 7) is 3.23. The van der Waals surface area contributed by atoms with Gasteiger partial charge in [-0.25, -0.2) is 4.79 Å². The quantitative estimate of drug-likeness (QED) is 0.226. The summed E-state index contributed by atoms with van der Waals surface area (Å²) in [6.07, 6.45) is 10.5. The number of rotatable bonds is 11. The molecule has 2 aliphatic heterocycles. The van der Waals surface area contributed by atoms with Gasteiger partial charge in [0.05, 0.1) is 17.2 Å². The van der Waals surface area contributed by atoms with Gasteiger partial charge in [-0.2, -0.15) is 0 Å². The molecule has 162 valence electrons. The Morgan fingerprint density at radius 3 is 2.40 bits per heavy atom. The minimum atomic E-state index is -0.587. The Balaban J connectivity index is 1.54. The van der Waals surface area contributed by atoms with Crippen LogP contribution in [0.5, 0.6) is 0 Å². The van der Waals surface area contributed by atoms with Crippen molar-refractivity contribution in [1.29, 1.82) is 0 Å². The molecule has 0 spiro atoms. The summed E-state index contributed by atoms with van der Waals surface area (Å²) in [5.74, 6) is -0.389. The number of unbranched alkanes of at least 4 members (excludes halogenated alkanes) is 6. The van der Waals surface area contributed by atoms with Crippen molar-refractivity contribution in [2.45, 2.75) is 64.3 Å². The van der Waals surface area contributed by atoms with E-state index in [0.29, 0.717) is 40.8 Å². The molecule has 0 N–H and O–H groups in total. The predicted molar refractivity (Wildman–Crippen MR) is 121 cm³/mol. The molecule has 0 amide bonds. The molecule has 2 heterocycles. The molecule has 1 aromatic carbocycles. The highest BCUT2D eigenvalue weighted by Crippen LogP contribution is 2.38. The number of carbonyl (C=O) groups excluding carboxylic acids is 2. The fraction of sp³-hybridized carbons (Fsp3) is 0.500. The van der Waals surface area contributed by atoms with Crippen LogP contribution in [0.15, 0.2) is 46.6 Å². The van der Waals surface area contributed by atoms with E-state index in [0.717, 1.165) is 18.5 Å². The van der Waals surface area contributed by atoms with Gasteiger partial charge in [-0.15, -0.1) is 0 Å². The number of benzene rings is 1. The third-order valence-corrected chi connectivity index (χ3v) is 6.24. The lowest BCUT2D eigenvalue weighted by molar-refractivity contribution is -0.139. The highest BCUT2D eigenvalue weighted by molar-refractivity contribution is 6.34. The molecular weight excluding hydrogens is 421 g/mol. The first kappa shape index (κ1) is 22.9. The third kappa shape index (κ3) is 5.47. The van der Waals surface area contributed by atoms with Crippen molar-refractivity contribution in [2.75, 3.05) is 13.2 Å². The van der Waals surface area contributed by atoms with Gasteiger partial charge in [0, 0.05) is 22.8 Å². The number of nitrogens with zero attached hydrogens (tertiary/aromatic N) is 1. The van der Waals surface area contributed by atoms with Crippen LogP contribution in [0.2, 0.25) is 5.02 Å². The number of carbonyl (C=O) groups is 2. The smallest absolute Gasteiger partial charge is 0.336 e. The van der Waals surface area contributed by atoms with Crippen LogP contribution >= 0.6 is 23.2 Å². The van der Waals surface area contributed by atoms with E-state index in [1.807, 2.05) is 4.90 Å². The molecule has 2 aliphatic rings. The van der Waals surface area contributed by atoms with Gasteiger partial charge in [-0.05, 0) is 43.2 Å². The Morgan fingerprint density at radius 2 is 1.70 bits per heavy atom. The fourth-order valence-corrected chi connectivity index (χ4v) is 4.45. The standard InChI is InChI=1S/C24H29Cl2NO3/c1-2-3-4-5-6-7-8-15-30-24(29)19-13-14-27-21(19)16-20(26)22(27)23(28)17-9-11-18(25)12-10-17/h9-12,16,22H,2-8,13-15H2,1H3. The number of Topliss-reactive ketones (excluding diaryl/α,β-unsaturated/α-hetero) is 1. The average molecular weight is 450 g/mol. The summed E-state index contributed by atoms with van der Waals surface area (Å²) in [7, 11) is 0. The van der Waals surface area contributed by atoms with Crippen molar-refractivity contribution in [1.82, 2.24) is 4.90 Å². The fourth-order valence-electron chi connectivity index (χ4n) is 4.01. The van der Waals surface area contributed by atoms with Crippen LogP contribution in [0.4, 0.5) is 0 Å². The van der Waals surface area contributed by atoms with E-state index in [2.05, 4.69) is 6.92 Å². The van der Waals surface area contributed by atoms with E-state index in [1.54, 1.807) is 30.3 Å². The van der Waals surface area contributed by atoms with Gasteiger partial charge in [0.25, 0.3) is 0 Å². The number of hydrogen-bond donors (Lipinski definition) is 0. The normalized spacial score (nSPS) is 17.9. The SMILES string of the molecule is CCCCCCCCCOC(=O)C1=C2C=C(Cl)C(C(=O)c3ccc(Cl)cc3)N2CC1. The minimum Gasteiger partial charge on any atom is -0.462 e. The molecular formula is C24H29Cl2NO3. The topological polar surface area (TPSA) is 46.6 Å². The summed E-state index contributed by atoms with van der Waals surface area (Å²) < 4.78 is 5.50. The molecule has 4 nitrogen and oxygen atoms in total. The summed E-state index contributed by atoms with van der Waals surface area (Å²) in [5, 5.41) is 1.01. The number of fused-ring (bicyclic) bond motifs is 1. The van der Waals surface area contributed by atoms with Crippen molar-refractivity contribution < 1.29 is 14.3 Å². The van der Waals surface area contributed by atoms with E-state index >= 15 is 0 Å². The van der Waals surface area contributed by atoms with Gasteiger partial charge in [-0.1, -0.05) is 68.7 Å². The number of esters is 1. The minimum absolute atomic E-state index is 0.0967. The van der Waals surface area contributed by atoms with Crippen LogP contribution < -0.4 is 0 Å². The Hall–Kier alpha value is -1.78. The van der Waals surface area contributed by atoms with E-state index in [4.69, 9.17) is 27.9 Å². The van der Waals surface area contributed by atoms with Crippen molar-refractivity contribution in [3.05, 3.63) is 57.2 Å². The van der Waals surface area contributed by atoms with E-state index in [1.165, 1.54) is 32.1 Å². The van der Waals surface area contributed by atoms with E-state index < -0.39 is 6.04 Å². The maximum atomic E-state index is 13.0. The number of ether oxygens (including phenoxy) is 1. The lowest BCUT2D eigenvalue weighted by Gasteiger charge is -2.23. The second kappa shape index (κ2) is 11.0. The molecule has 30 heavy (non-hydrogen) atoms. The highest BCUT2D eigenvalue weighted by atomic mass is 35.5. The maximum Gasteiger partial charge on any atom is 0.336 e. The molecule has 0 bridgehead atoms. The molecule has 6 heteroatoms. The van der Waals surface area contributed by atoms with Crippen LogP contribution in [0.1, 0.15) is 68.6 Å². The summed E-state index contributed by atoms with van der Waals surface area (Å²) >= 11 is 12.3. The number of halogens is 2. The van der Waals surface area contributed by atoms with Crippen molar-refractivity contribution >= 4 is 35.0 Å². The van der Waals surface area contributed by atoms with Gasteiger partial charge < -0.3 is 9.64 Å². The zero-order valence-electron chi connectivity index (χ0n) is 17.5. The summed E-state index contributed by atoms with van der Waals surface area (Å²) in [5.41, 5.74) is 1.88. The molecule has 0 aromatic heterocycles. The van der Waals surface area contributed by atoms with Crippen LogP contribution in [-0.4, -0.2) is 35.8 Å². The summed E-state index contributed by atoms with van der Waals surface area (Å²) in [6, 6.07) is 6.19. The van der Waals surface area contributed by atoms with Crippen LogP contribution in [0.25, 0.3) is 0 Å². The first-order valence-corrected chi connectivity index (χ1v) is 11.6. The van der Waals surface area contributed by atoms with Crippen LogP contribution in [0.3, 0.4) is 0 Å². The lowest BCUT2D eigenvalue weighted by Crippen LogP contribution is -2.35. The molecule has 0 radical (unpaired) electrons. The van der Waals surface area contributed by atoms with Crippen LogP contribution in [-0.2, 0) is 9.53 Å². The molecule has 1 atom stereocenters. The summed E-state index contributed by atoms with van der Waals surface area (Å²) in [4.78, 5) is 27.5. The maximum absolute atomic E-state index is 13.0. The molecule has 0 fully saturated rings. The van der Waals surface area contributed by atoms with Crippen molar-refractivity contribution in [3.8, 4) is 0 Å². The van der Waals surface area contributed by atoms with Crippen molar-refractivity contribution in [2.24, 2.45) is 0 Å². The van der Waals surface area contributed by atoms with Crippen LogP contribution in [0, 0.1) is 0 Å². The number of hydrogen-bond acceptors (Lipinski definition) is 4.